The van der Waals surface area contributed by atoms with E-state index < -0.39 is 5.91 Å². The predicted molar refractivity (Wildman–Crippen MR) is 125 cm³/mol. The number of benzene rings is 2. The van der Waals surface area contributed by atoms with Gasteiger partial charge in [-0.2, -0.15) is 5.10 Å². The summed E-state index contributed by atoms with van der Waals surface area (Å²) in [4.78, 5) is 31.7. The van der Waals surface area contributed by atoms with E-state index in [9.17, 15) is 9.59 Å². The van der Waals surface area contributed by atoms with Crippen molar-refractivity contribution in [2.75, 3.05) is 13.7 Å². The summed E-state index contributed by atoms with van der Waals surface area (Å²) in [5, 5.41) is 4.88. The molecule has 0 spiro atoms. The third kappa shape index (κ3) is 7.04. The number of hydrogen-bond acceptors (Lipinski definition) is 8. The van der Waals surface area contributed by atoms with Crippen LogP contribution >= 0.6 is 11.8 Å². The Hall–Kier alpha value is -3.92. The first kappa shape index (κ1) is 23.7. The van der Waals surface area contributed by atoms with E-state index in [1.807, 2.05) is 12.1 Å². The van der Waals surface area contributed by atoms with E-state index in [2.05, 4.69) is 20.5 Å². The number of amides is 2. The minimum absolute atomic E-state index is 0.254. The van der Waals surface area contributed by atoms with Crippen molar-refractivity contribution >= 4 is 29.3 Å². The number of hydrogen-bond donors (Lipinski definition) is 2. The highest BCUT2D eigenvalue weighted by Crippen LogP contribution is 2.28. The van der Waals surface area contributed by atoms with Gasteiger partial charge in [-0.3, -0.25) is 9.59 Å². The lowest BCUT2D eigenvalue weighted by atomic mass is 10.1. The third-order valence-corrected chi connectivity index (χ3v) is 5.35. The van der Waals surface area contributed by atoms with Crippen molar-refractivity contribution < 1.29 is 19.1 Å². The number of primary amides is 1. The number of methoxy groups -OCH3 is 1. The molecule has 2 amide bonds. The highest BCUT2D eigenvalue weighted by Gasteiger charge is 2.10. The van der Waals surface area contributed by atoms with Gasteiger partial charge in [0, 0.05) is 29.3 Å². The second-order valence-corrected chi connectivity index (χ2v) is 7.72. The van der Waals surface area contributed by atoms with Gasteiger partial charge in [0.25, 0.3) is 11.8 Å². The molecule has 0 fully saturated rings. The normalized spacial score (nSPS) is 11.0. The predicted octanol–water partition coefficient (Wildman–Crippen LogP) is 2.80. The third-order valence-electron chi connectivity index (χ3n) is 4.40. The number of aromatic nitrogens is 2. The summed E-state index contributed by atoms with van der Waals surface area (Å²) in [7, 11) is 1.49. The van der Waals surface area contributed by atoms with Gasteiger partial charge < -0.3 is 15.2 Å². The Balaban J connectivity index is 1.59. The molecular weight excluding hydrogens is 442 g/mol. The number of nitrogens with two attached hydrogens (primary N) is 1. The second kappa shape index (κ2) is 11.6. The van der Waals surface area contributed by atoms with Gasteiger partial charge in [-0.1, -0.05) is 23.9 Å². The zero-order chi connectivity index (χ0) is 23.6. The molecule has 170 valence electrons. The molecule has 3 N–H and O–H groups in total. The zero-order valence-corrected chi connectivity index (χ0v) is 19.0. The van der Waals surface area contributed by atoms with E-state index in [1.165, 1.54) is 18.9 Å². The molecule has 0 bridgehead atoms. The largest absolute Gasteiger partial charge is 0.493 e. The van der Waals surface area contributed by atoms with Crippen molar-refractivity contribution in [3.8, 4) is 11.5 Å². The van der Waals surface area contributed by atoms with Gasteiger partial charge in [-0.05, 0) is 48.9 Å². The Morgan fingerprint density at radius 2 is 1.76 bits per heavy atom. The summed E-state index contributed by atoms with van der Waals surface area (Å²) in [5.74, 6) is 0.592. The van der Waals surface area contributed by atoms with Crippen LogP contribution in [0.3, 0.4) is 0 Å². The molecule has 0 unspecified atom stereocenters. The quantitative estimate of drug-likeness (QED) is 0.204. The van der Waals surface area contributed by atoms with Gasteiger partial charge in [0.15, 0.2) is 23.3 Å². The Morgan fingerprint density at radius 3 is 2.42 bits per heavy atom. The first-order valence-corrected chi connectivity index (χ1v) is 10.9. The SMILES string of the molecule is COc1cc(/C(C)=N/NC(=O)c2ccc(CSc3ncccn3)cc2)ccc1OCC(N)=O. The number of ether oxygens (including phenoxy) is 2. The molecule has 0 atom stereocenters. The smallest absolute Gasteiger partial charge is 0.271 e. The fraction of sp³-hybridized carbons (Fsp3) is 0.174. The summed E-state index contributed by atoms with van der Waals surface area (Å²) in [6.07, 6.45) is 3.40. The molecule has 33 heavy (non-hydrogen) atoms. The molecule has 0 aliphatic rings. The Labute approximate surface area is 195 Å². The van der Waals surface area contributed by atoms with Crippen LogP contribution in [0, 0.1) is 0 Å². The summed E-state index contributed by atoms with van der Waals surface area (Å²) in [6.45, 7) is 1.50. The fourth-order valence-electron chi connectivity index (χ4n) is 2.68. The molecule has 0 saturated heterocycles. The van der Waals surface area contributed by atoms with Crippen LogP contribution in [-0.2, 0) is 10.5 Å². The molecule has 0 aliphatic heterocycles. The van der Waals surface area contributed by atoms with Crippen LogP contribution in [0.25, 0.3) is 0 Å². The number of hydrazone groups is 1. The lowest BCUT2D eigenvalue weighted by Gasteiger charge is -2.11. The van der Waals surface area contributed by atoms with Gasteiger partial charge in [0.1, 0.15) is 0 Å². The molecular formula is C23H23N5O4S. The molecule has 3 rings (SSSR count). The Morgan fingerprint density at radius 1 is 1.06 bits per heavy atom. The van der Waals surface area contributed by atoms with Crippen LogP contribution < -0.4 is 20.6 Å². The van der Waals surface area contributed by atoms with Crippen molar-refractivity contribution in [3.05, 3.63) is 77.6 Å². The Bertz CT molecular complexity index is 1140. The average molecular weight is 466 g/mol. The summed E-state index contributed by atoms with van der Waals surface area (Å²) < 4.78 is 10.6. The van der Waals surface area contributed by atoms with E-state index in [0.717, 1.165) is 5.56 Å². The molecule has 0 aliphatic carbocycles. The van der Waals surface area contributed by atoms with E-state index in [-0.39, 0.29) is 12.5 Å². The number of thioether (sulfide) groups is 1. The first-order valence-electron chi connectivity index (χ1n) is 9.89. The number of nitrogens with zero attached hydrogens (tertiary/aromatic N) is 3. The average Bonchev–Trinajstić information content (AvgIpc) is 2.85. The van der Waals surface area contributed by atoms with E-state index in [0.29, 0.717) is 39.2 Å². The van der Waals surface area contributed by atoms with Crippen LogP contribution in [0.4, 0.5) is 0 Å². The van der Waals surface area contributed by atoms with Crippen LogP contribution in [0.5, 0.6) is 11.5 Å². The van der Waals surface area contributed by atoms with Crippen molar-refractivity contribution in [2.45, 2.75) is 17.8 Å². The maximum atomic E-state index is 12.5. The number of carbonyl (C=O) groups excluding carboxylic acids is 2. The molecule has 1 heterocycles. The van der Waals surface area contributed by atoms with Crippen LogP contribution in [0.2, 0.25) is 0 Å². The zero-order valence-electron chi connectivity index (χ0n) is 18.1. The van der Waals surface area contributed by atoms with Crippen molar-refractivity contribution in [1.82, 2.24) is 15.4 Å². The number of carbonyl (C=O) groups is 2. The van der Waals surface area contributed by atoms with Crippen molar-refractivity contribution in [3.63, 3.8) is 0 Å². The summed E-state index contributed by atoms with van der Waals surface area (Å²) in [6, 6.07) is 14.1. The van der Waals surface area contributed by atoms with Crippen molar-refractivity contribution in [2.24, 2.45) is 10.8 Å². The van der Waals surface area contributed by atoms with Gasteiger partial charge in [-0.15, -0.1) is 0 Å². The fourth-order valence-corrected chi connectivity index (χ4v) is 3.44. The number of rotatable bonds is 10. The van der Waals surface area contributed by atoms with E-state index in [1.54, 1.807) is 55.7 Å². The monoisotopic (exact) mass is 465 g/mol. The lowest BCUT2D eigenvalue weighted by molar-refractivity contribution is -0.119. The second-order valence-electron chi connectivity index (χ2n) is 6.78. The maximum absolute atomic E-state index is 12.5. The minimum atomic E-state index is -0.585. The van der Waals surface area contributed by atoms with Gasteiger partial charge in [0.2, 0.25) is 0 Å². The van der Waals surface area contributed by atoms with Crippen molar-refractivity contribution in [1.29, 1.82) is 0 Å². The summed E-state index contributed by atoms with van der Waals surface area (Å²) in [5.41, 5.74) is 10.5. The van der Waals surface area contributed by atoms with Crippen LogP contribution in [0.1, 0.15) is 28.4 Å². The molecule has 9 nitrogen and oxygen atoms in total. The van der Waals surface area contributed by atoms with Gasteiger partial charge in [0.05, 0.1) is 12.8 Å². The number of nitrogens with one attached hydrogen (secondary N) is 1. The molecule has 0 radical (unpaired) electrons. The van der Waals surface area contributed by atoms with Crippen LogP contribution in [0.15, 0.2) is 71.2 Å². The highest BCUT2D eigenvalue weighted by molar-refractivity contribution is 7.98. The molecule has 0 saturated carbocycles. The maximum Gasteiger partial charge on any atom is 0.271 e. The molecule has 1 aromatic heterocycles. The highest BCUT2D eigenvalue weighted by atomic mass is 32.2. The van der Waals surface area contributed by atoms with E-state index >= 15 is 0 Å². The summed E-state index contributed by atoms with van der Waals surface area (Å²) >= 11 is 1.52. The van der Waals surface area contributed by atoms with Gasteiger partial charge >= 0.3 is 0 Å². The minimum Gasteiger partial charge on any atom is -0.493 e. The Kier molecular flexibility index (Phi) is 8.36. The molecule has 3 aromatic rings. The topological polar surface area (TPSA) is 129 Å². The standard InChI is InChI=1S/C23H23N5O4S/c1-15(18-8-9-19(20(12-18)31-2)32-13-21(24)29)27-28-22(30)17-6-4-16(5-7-17)14-33-23-25-10-3-11-26-23/h3-12H,13-14H2,1-2H3,(H2,24,29)(H,28,30)/b27-15+. The first-order chi connectivity index (χ1) is 16.0. The van der Waals surface area contributed by atoms with E-state index in [4.69, 9.17) is 15.2 Å². The molecule has 10 heteroatoms. The lowest BCUT2D eigenvalue weighted by Crippen LogP contribution is -2.20. The van der Waals surface area contributed by atoms with Gasteiger partial charge in [-0.25, -0.2) is 15.4 Å². The molecule has 2 aromatic carbocycles. The van der Waals surface area contributed by atoms with Crippen LogP contribution in [-0.4, -0.2) is 41.2 Å².